The SMILES string of the molecule is CC(C)C1(CN(C)C)CCC(=O)CC1. The number of carbonyl (C=O) groups excluding carboxylic acids is 1. The van der Waals surface area contributed by atoms with Crippen molar-refractivity contribution in [1.29, 1.82) is 0 Å². The fraction of sp³-hybridized carbons (Fsp3) is 0.917. The Morgan fingerprint density at radius 3 is 2.14 bits per heavy atom. The topological polar surface area (TPSA) is 20.3 Å². The Morgan fingerprint density at radius 2 is 1.79 bits per heavy atom. The van der Waals surface area contributed by atoms with Gasteiger partial charge in [-0.15, -0.1) is 0 Å². The molecule has 0 N–H and O–H groups in total. The van der Waals surface area contributed by atoms with Crippen LogP contribution in [0.15, 0.2) is 0 Å². The average Bonchev–Trinajstić information content (AvgIpc) is 2.08. The third-order valence-corrected chi connectivity index (χ3v) is 3.66. The molecule has 0 aromatic carbocycles. The van der Waals surface area contributed by atoms with Crippen LogP contribution >= 0.6 is 0 Å². The summed E-state index contributed by atoms with van der Waals surface area (Å²) in [6.07, 6.45) is 3.77. The van der Waals surface area contributed by atoms with Crippen molar-refractivity contribution in [2.75, 3.05) is 20.6 Å². The van der Waals surface area contributed by atoms with Crippen molar-refractivity contribution in [2.45, 2.75) is 39.5 Å². The fourth-order valence-electron chi connectivity index (χ4n) is 2.57. The molecule has 0 unspecified atom stereocenters. The molecule has 0 atom stereocenters. The van der Waals surface area contributed by atoms with Gasteiger partial charge in [0.2, 0.25) is 0 Å². The molecule has 0 spiro atoms. The number of carbonyl (C=O) groups is 1. The zero-order valence-electron chi connectivity index (χ0n) is 9.97. The summed E-state index contributed by atoms with van der Waals surface area (Å²) in [7, 11) is 4.25. The van der Waals surface area contributed by atoms with Gasteiger partial charge < -0.3 is 4.90 Å². The number of Topliss-reactive ketones (excluding diaryl/α,β-unsaturated/α-hetero) is 1. The highest BCUT2D eigenvalue weighted by molar-refractivity contribution is 5.79. The molecule has 0 amide bonds. The van der Waals surface area contributed by atoms with Gasteiger partial charge in [-0.1, -0.05) is 13.8 Å². The van der Waals surface area contributed by atoms with E-state index >= 15 is 0 Å². The highest BCUT2D eigenvalue weighted by Crippen LogP contribution is 2.41. The van der Waals surface area contributed by atoms with Crippen LogP contribution in [0.25, 0.3) is 0 Å². The van der Waals surface area contributed by atoms with Crippen molar-refractivity contribution in [3.63, 3.8) is 0 Å². The Hall–Kier alpha value is -0.370. The van der Waals surface area contributed by atoms with Crippen LogP contribution in [-0.2, 0) is 4.79 Å². The summed E-state index contributed by atoms with van der Waals surface area (Å²) in [5.74, 6) is 1.14. The highest BCUT2D eigenvalue weighted by Gasteiger charge is 2.37. The molecule has 2 nitrogen and oxygen atoms in total. The van der Waals surface area contributed by atoms with Gasteiger partial charge in [-0.3, -0.25) is 4.79 Å². The third-order valence-electron chi connectivity index (χ3n) is 3.66. The molecule has 2 heteroatoms. The first-order chi connectivity index (χ1) is 6.46. The average molecular weight is 197 g/mol. The molecule has 0 saturated heterocycles. The second-order valence-electron chi connectivity index (χ2n) is 5.29. The minimum atomic E-state index is 0.386. The van der Waals surface area contributed by atoms with Crippen LogP contribution in [0, 0.1) is 11.3 Å². The minimum absolute atomic E-state index is 0.386. The predicted molar refractivity (Wildman–Crippen MR) is 59.3 cm³/mol. The van der Waals surface area contributed by atoms with Gasteiger partial charge in [0.1, 0.15) is 5.78 Å². The fourth-order valence-corrected chi connectivity index (χ4v) is 2.57. The summed E-state index contributed by atoms with van der Waals surface area (Å²) in [5, 5.41) is 0. The monoisotopic (exact) mass is 197 g/mol. The van der Waals surface area contributed by atoms with E-state index in [9.17, 15) is 4.79 Å². The van der Waals surface area contributed by atoms with Gasteiger partial charge in [-0.25, -0.2) is 0 Å². The van der Waals surface area contributed by atoms with Crippen molar-refractivity contribution in [1.82, 2.24) is 4.90 Å². The zero-order chi connectivity index (χ0) is 10.8. The molecular formula is C12H23NO. The molecule has 0 aromatic heterocycles. The third kappa shape index (κ3) is 2.57. The number of hydrogen-bond acceptors (Lipinski definition) is 2. The van der Waals surface area contributed by atoms with E-state index in [1.165, 1.54) is 0 Å². The number of hydrogen-bond donors (Lipinski definition) is 0. The van der Waals surface area contributed by atoms with E-state index in [1.807, 2.05) is 0 Å². The molecule has 1 rings (SSSR count). The van der Waals surface area contributed by atoms with E-state index in [0.29, 0.717) is 17.1 Å². The molecule has 1 aliphatic carbocycles. The molecule has 1 fully saturated rings. The quantitative estimate of drug-likeness (QED) is 0.692. The van der Waals surface area contributed by atoms with E-state index in [1.54, 1.807) is 0 Å². The lowest BCUT2D eigenvalue weighted by molar-refractivity contribution is -0.123. The van der Waals surface area contributed by atoms with E-state index in [2.05, 4.69) is 32.8 Å². The molecule has 0 bridgehead atoms. The Balaban J connectivity index is 2.67. The van der Waals surface area contributed by atoms with Crippen LogP contribution in [0.2, 0.25) is 0 Å². The van der Waals surface area contributed by atoms with Crippen LogP contribution in [-0.4, -0.2) is 31.3 Å². The van der Waals surface area contributed by atoms with Gasteiger partial charge in [0.15, 0.2) is 0 Å². The summed E-state index contributed by atoms with van der Waals surface area (Å²) in [5.41, 5.74) is 0.386. The van der Waals surface area contributed by atoms with Gasteiger partial charge >= 0.3 is 0 Å². The molecule has 0 aliphatic heterocycles. The minimum Gasteiger partial charge on any atom is -0.309 e. The second kappa shape index (κ2) is 4.43. The van der Waals surface area contributed by atoms with Crippen LogP contribution in [0.3, 0.4) is 0 Å². The van der Waals surface area contributed by atoms with Crippen LogP contribution in [0.5, 0.6) is 0 Å². The van der Waals surface area contributed by atoms with Gasteiger partial charge in [-0.2, -0.15) is 0 Å². The van der Waals surface area contributed by atoms with Gasteiger partial charge in [-0.05, 0) is 38.3 Å². The van der Waals surface area contributed by atoms with Crippen LogP contribution in [0.4, 0.5) is 0 Å². The standard InChI is InChI=1S/C12H23NO/c1-10(2)12(9-13(3)4)7-5-11(14)6-8-12/h10H,5-9H2,1-4H3. The summed E-state index contributed by atoms with van der Waals surface area (Å²) in [6.45, 7) is 5.70. The molecular weight excluding hydrogens is 174 g/mol. The summed E-state index contributed by atoms with van der Waals surface area (Å²) in [6, 6.07) is 0. The molecule has 1 saturated carbocycles. The number of ketones is 1. The Bertz CT molecular complexity index is 198. The molecule has 1 aliphatic rings. The van der Waals surface area contributed by atoms with E-state index in [4.69, 9.17) is 0 Å². The number of rotatable bonds is 3. The highest BCUT2D eigenvalue weighted by atomic mass is 16.1. The lowest BCUT2D eigenvalue weighted by Crippen LogP contribution is -2.41. The van der Waals surface area contributed by atoms with Gasteiger partial charge in [0.25, 0.3) is 0 Å². The van der Waals surface area contributed by atoms with Crippen molar-refractivity contribution < 1.29 is 4.79 Å². The number of nitrogens with zero attached hydrogens (tertiary/aromatic N) is 1. The smallest absolute Gasteiger partial charge is 0.132 e. The van der Waals surface area contributed by atoms with E-state index in [-0.39, 0.29) is 0 Å². The lowest BCUT2D eigenvalue weighted by atomic mass is 9.66. The first-order valence-electron chi connectivity index (χ1n) is 5.63. The molecule has 0 radical (unpaired) electrons. The maximum atomic E-state index is 11.2. The van der Waals surface area contributed by atoms with Crippen molar-refractivity contribution in [3.05, 3.63) is 0 Å². The molecule has 0 heterocycles. The first-order valence-corrected chi connectivity index (χ1v) is 5.63. The normalized spacial score (nSPS) is 22.0. The molecule has 0 aromatic rings. The van der Waals surface area contributed by atoms with Gasteiger partial charge in [0, 0.05) is 19.4 Å². The van der Waals surface area contributed by atoms with Crippen molar-refractivity contribution >= 4 is 5.78 Å². The van der Waals surface area contributed by atoms with E-state index < -0.39 is 0 Å². The second-order valence-corrected chi connectivity index (χ2v) is 5.29. The Morgan fingerprint density at radius 1 is 1.29 bits per heavy atom. The largest absolute Gasteiger partial charge is 0.309 e. The maximum absolute atomic E-state index is 11.2. The Labute approximate surface area is 87.7 Å². The Kier molecular flexibility index (Phi) is 3.71. The summed E-state index contributed by atoms with van der Waals surface area (Å²) >= 11 is 0. The van der Waals surface area contributed by atoms with Crippen LogP contribution in [0.1, 0.15) is 39.5 Å². The molecule has 14 heavy (non-hydrogen) atoms. The lowest BCUT2D eigenvalue weighted by Gasteiger charge is -2.42. The summed E-state index contributed by atoms with van der Waals surface area (Å²) < 4.78 is 0. The van der Waals surface area contributed by atoms with Crippen molar-refractivity contribution in [3.8, 4) is 0 Å². The molecule has 82 valence electrons. The van der Waals surface area contributed by atoms with E-state index in [0.717, 1.165) is 32.2 Å². The zero-order valence-corrected chi connectivity index (χ0v) is 9.97. The predicted octanol–water partition coefficient (Wildman–Crippen LogP) is 2.33. The van der Waals surface area contributed by atoms with Crippen LogP contribution < -0.4 is 0 Å². The van der Waals surface area contributed by atoms with Gasteiger partial charge in [0.05, 0.1) is 0 Å². The maximum Gasteiger partial charge on any atom is 0.132 e. The van der Waals surface area contributed by atoms with Crippen molar-refractivity contribution in [2.24, 2.45) is 11.3 Å². The first kappa shape index (κ1) is 11.7. The summed E-state index contributed by atoms with van der Waals surface area (Å²) in [4.78, 5) is 13.5.